The minimum atomic E-state index is 0.364. The third-order valence-corrected chi connectivity index (χ3v) is 3.32. The van der Waals surface area contributed by atoms with Gasteiger partial charge in [0.25, 0.3) is 0 Å². The predicted molar refractivity (Wildman–Crippen MR) is 63.9 cm³/mol. The van der Waals surface area contributed by atoms with Crippen LogP contribution in [-0.4, -0.2) is 18.4 Å². The number of hydrogen-bond donors (Lipinski definition) is 1. The molecule has 0 spiro atoms. The van der Waals surface area contributed by atoms with Gasteiger partial charge < -0.3 is 5.32 Å². The SMILES string of the molecule is CC1CCCC(C(=O)CCNC(C)C)C1. The molecule has 2 heteroatoms. The van der Waals surface area contributed by atoms with E-state index in [9.17, 15) is 4.79 Å². The number of Topliss-reactive ketones (excluding diaryl/α,β-unsaturated/α-hetero) is 1. The summed E-state index contributed by atoms with van der Waals surface area (Å²) in [6.07, 6.45) is 5.53. The van der Waals surface area contributed by atoms with Crippen LogP contribution < -0.4 is 5.32 Å². The van der Waals surface area contributed by atoms with Crippen molar-refractivity contribution < 1.29 is 4.79 Å². The smallest absolute Gasteiger partial charge is 0.137 e. The average molecular weight is 211 g/mol. The Morgan fingerprint density at radius 2 is 2.13 bits per heavy atom. The van der Waals surface area contributed by atoms with Crippen molar-refractivity contribution in [3.05, 3.63) is 0 Å². The molecule has 2 atom stereocenters. The summed E-state index contributed by atoms with van der Waals surface area (Å²) in [6, 6.07) is 0.489. The lowest BCUT2D eigenvalue weighted by molar-refractivity contribution is -0.124. The first-order valence-corrected chi connectivity index (χ1v) is 6.35. The summed E-state index contributed by atoms with van der Waals surface area (Å²) in [5.41, 5.74) is 0. The van der Waals surface area contributed by atoms with Gasteiger partial charge >= 0.3 is 0 Å². The molecule has 0 radical (unpaired) electrons. The summed E-state index contributed by atoms with van der Waals surface area (Å²) < 4.78 is 0. The first kappa shape index (κ1) is 12.7. The Bertz CT molecular complexity index is 201. The largest absolute Gasteiger partial charge is 0.314 e. The molecule has 15 heavy (non-hydrogen) atoms. The van der Waals surface area contributed by atoms with Crippen molar-refractivity contribution >= 4 is 5.78 Å². The maximum atomic E-state index is 11.9. The monoisotopic (exact) mass is 211 g/mol. The Labute approximate surface area is 93.8 Å². The van der Waals surface area contributed by atoms with Crippen molar-refractivity contribution in [2.24, 2.45) is 11.8 Å². The highest BCUT2D eigenvalue weighted by Gasteiger charge is 2.24. The Morgan fingerprint density at radius 3 is 2.73 bits per heavy atom. The van der Waals surface area contributed by atoms with Crippen molar-refractivity contribution in [2.45, 2.75) is 58.9 Å². The van der Waals surface area contributed by atoms with E-state index < -0.39 is 0 Å². The fourth-order valence-corrected chi connectivity index (χ4v) is 2.41. The van der Waals surface area contributed by atoms with Crippen LogP contribution in [0.2, 0.25) is 0 Å². The van der Waals surface area contributed by atoms with E-state index in [0.29, 0.717) is 17.7 Å². The summed E-state index contributed by atoms with van der Waals surface area (Å²) in [4.78, 5) is 11.9. The second kappa shape index (κ2) is 6.26. The number of hydrogen-bond acceptors (Lipinski definition) is 2. The van der Waals surface area contributed by atoms with E-state index in [1.165, 1.54) is 12.8 Å². The first-order chi connectivity index (χ1) is 7.09. The standard InChI is InChI=1S/C13H25NO/c1-10(2)14-8-7-13(15)12-6-4-5-11(3)9-12/h10-12,14H,4-9H2,1-3H3. The van der Waals surface area contributed by atoms with Crippen LogP contribution in [0.5, 0.6) is 0 Å². The number of ketones is 1. The van der Waals surface area contributed by atoms with Crippen molar-refractivity contribution in [3.63, 3.8) is 0 Å². The molecule has 1 N–H and O–H groups in total. The summed E-state index contributed by atoms with van der Waals surface area (Å²) in [5.74, 6) is 1.60. The van der Waals surface area contributed by atoms with Gasteiger partial charge in [-0.05, 0) is 18.8 Å². The molecule has 1 fully saturated rings. The van der Waals surface area contributed by atoms with Gasteiger partial charge in [-0.2, -0.15) is 0 Å². The molecule has 2 unspecified atom stereocenters. The minimum Gasteiger partial charge on any atom is -0.314 e. The molecule has 1 saturated carbocycles. The van der Waals surface area contributed by atoms with E-state index in [4.69, 9.17) is 0 Å². The number of carbonyl (C=O) groups is 1. The highest BCUT2D eigenvalue weighted by molar-refractivity contribution is 5.81. The first-order valence-electron chi connectivity index (χ1n) is 6.35. The quantitative estimate of drug-likeness (QED) is 0.757. The van der Waals surface area contributed by atoms with Gasteiger partial charge in [-0.1, -0.05) is 33.6 Å². The van der Waals surface area contributed by atoms with E-state index in [-0.39, 0.29) is 0 Å². The van der Waals surface area contributed by atoms with Gasteiger partial charge in [0.2, 0.25) is 0 Å². The second-order valence-electron chi connectivity index (χ2n) is 5.29. The molecule has 1 aliphatic carbocycles. The van der Waals surface area contributed by atoms with Crippen LogP contribution in [0, 0.1) is 11.8 Å². The van der Waals surface area contributed by atoms with Crippen LogP contribution in [0.3, 0.4) is 0 Å². The van der Waals surface area contributed by atoms with Crippen LogP contribution in [0.15, 0.2) is 0 Å². The van der Waals surface area contributed by atoms with Gasteiger partial charge in [0.1, 0.15) is 5.78 Å². The van der Waals surface area contributed by atoms with Gasteiger partial charge in [0, 0.05) is 24.9 Å². The number of carbonyl (C=O) groups excluding carboxylic acids is 1. The summed E-state index contributed by atoms with van der Waals surface area (Å²) >= 11 is 0. The Hall–Kier alpha value is -0.370. The topological polar surface area (TPSA) is 29.1 Å². The molecule has 0 amide bonds. The minimum absolute atomic E-state index is 0.364. The van der Waals surface area contributed by atoms with Crippen LogP contribution >= 0.6 is 0 Å². The zero-order valence-corrected chi connectivity index (χ0v) is 10.4. The summed E-state index contributed by atoms with van der Waals surface area (Å²) in [5, 5.41) is 3.31. The molecule has 0 aromatic rings. The van der Waals surface area contributed by atoms with Gasteiger partial charge in [-0.15, -0.1) is 0 Å². The van der Waals surface area contributed by atoms with E-state index in [0.717, 1.165) is 31.7 Å². The van der Waals surface area contributed by atoms with Gasteiger partial charge in [-0.3, -0.25) is 4.79 Å². The Balaban J connectivity index is 2.21. The fourth-order valence-electron chi connectivity index (χ4n) is 2.41. The molecule has 0 aromatic heterocycles. The van der Waals surface area contributed by atoms with E-state index >= 15 is 0 Å². The molecule has 0 aromatic carbocycles. The van der Waals surface area contributed by atoms with E-state index in [1.54, 1.807) is 0 Å². The zero-order valence-electron chi connectivity index (χ0n) is 10.4. The predicted octanol–water partition coefficient (Wildman–Crippen LogP) is 2.77. The van der Waals surface area contributed by atoms with Gasteiger partial charge in [0.15, 0.2) is 0 Å². The lowest BCUT2D eigenvalue weighted by Gasteiger charge is -2.25. The molecule has 0 bridgehead atoms. The summed E-state index contributed by atoms with van der Waals surface area (Å²) in [6.45, 7) is 7.35. The fraction of sp³-hybridized carbons (Fsp3) is 0.923. The number of nitrogens with one attached hydrogen (secondary N) is 1. The van der Waals surface area contributed by atoms with Gasteiger partial charge in [-0.25, -0.2) is 0 Å². The highest BCUT2D eigenvalue weighted by atomic mass is 16.1. The van der Waals surface area contributed by atoms with Crippen molar-refractivity contribution in [3.8, 4) is 0 Å². The molecule has 0 saturated heterocycles. The third kappa shape index (κ3) is 4.78. The Kier molecular flexibility index (Phi) is 5.30. The molecule has 0 heterocycles. The Morgan fingerprint density at radius 1 is 1.40 bits per heavy atom. The molecule has 1 aliphatic rings. The lowest BCUT2D eigenvalue weighted by atomic mass is 9.79. The number of rotatable bonds is 5. The van der Waals surface area contributed by atoms with Crippen LogP contribution in [0.4, 0.5) is 0 Å². The van der Waals surface area contributed by atoms with Crippen molar-refractivity contribution in [1.29, 1.82) is 0 Å². The third-order valence-electron chi connectivity index (χ3n) is 3.32. The van der Waals surface area contributed by atoms with Gasteiger partial charge in [0.05, 0.1) is 0 Å². The molecule has 0 aliphatic heterocycles. The molecular weight excluding hydrogens is 186 g/mol. The summed E-state index contributed by atoms with van der Waals surface area (Å²) in [7, 11) is 0. The van der Waals surface area contributed by atoms with Crippen LogP contribution in [0.1, 0.15) is 52.9 Å². The van der Waals surface area contributed by atoms with Crippen molar-refractivity contribution in [1.82, 2.24) is 5.32 Å². The molecule has 1 rings (SSSR count). The normalized spacial score (nSPS) is 26.9. The second-order valence-corrected chi connectivity index (χ2v) is 5.29. The van der Waals surface area contributed by atoms with Crippen LogP contribution in [-0.2, 0) is 4.79 Å². The molecule has 88 valence electrons. The molecular formula is C13H25NO. The lowest BCUT2D eigenvalue weighted by Crippen LogP contribution is -2.28. The van der Waals surface area contributed by atoms with Crippen LogP contribution in [0.25, 0.3) is 0 Å². The zero-order chi connectivity index (χ0) is 11.3. The molecule has 2 nitrogen and oxygen atoms in total. The van der Waals surface area contributed by atoms with E-state index in [2.05, 4.69) is 26.1 Å². The maximum Gasteiger partial charge on any atom is 0.137 e. The van der Waals surface area contributed by atoms with Crippen molar-refractivity contribution in [2.75, 3.05) is 6.54 Å². The highest BCUT2D eigenvalue weighted by Crippen LogP contribution is 2.29. The maximum absolute atomic E-state index is 11.9. The average Bonchev–Trinajstić information content (AvgIpc) is 2.17. The van der Waals surface area contributed by atoms with E-state index in [1.807, 2.05) is 0 Å².